The Morgan fingerprint density at radius 3 is 0.765 bits per heavy atom. The van der Waals surface area contributed by atoms with Gasteiger partial charge in [0.1, 0.15) is 13.2 Å². The van der Waals surface area contributed by atoms with Gasteiger partial charge in [0.25, 0.3) is 0 Å². The predicted octanol–water partition coefficient (Wildman–Crippen LogP) is 23.6. The lowest BCUT2D eigenvalue weighted by Crippen LogP contribution is -2.30. The number of allylic oxidation sites excluding steroid dienone is 20. The topological polar surface area (TPSA) is 78.9 Å². The highest BCUT2D eigenvalue weighted by atomic mass is 16.6. The number of esters is 3. The largest absolute Gasteiger partial charge is 0.462 e. The summed E-state index contributed by atoms with van der Waals surface area (Å²) in [7, 11) is 0. The summed E-state index contributed by atoms with van der Waals surface area (Å²) in [6, 6.07) is 0. The zero-order valence-corrected chi connectivity index (χ0v) is 53.0. The second kappa shape index (κ2) is 68.3. The normalized spacial score (nSPS) is 12.9. The van der Waals surface area contributed by atoms with Crippen LogP contribution < -0.4 is 0 Å². The molecule has 0 aliphatic carbocycles. The number of ether oxygens (including phenoxy) is 3. The standard InChI is InChI=1S/C75H126O6/c1-4-7-10-13-15-17-19-21-23-25-27-29-31-32-33-34-35-36-37-38-39-40-41-42-44-45-47-49-51-53-55-57-59-62-65-68-74(77)80-71-72(70-79-73(76)67-64-61-12-9-6-3)81-75(78)69-66-63-60-58-56-54-52-50-48-46-43-30-28-26-24-22-20-18-16-14-11-8-5-2/h7,10,15,17,21,23,26-29,32-33,35-36,38-39,41-42,45,47,72H,4-6,8-9,11-14,16,18-20,22,24-25,30-31,34,37,40,43-44,46,48-71H2,1-3H3/b10-7-,17-15-,23-21-,28-26-,29-27-,33-32-,36-35-,39-38-,42-41-,47-45-. The summed E-state index contributed by atoms with van der Waals surface area (Å²) in [5, 5.41) is 0. The van der Waals surface area contributed by atoms with Crippen LogP contribution in [0.2, 0.25) is 0 Å². The monoisotopic (exact) mass is 1120 g/mol. The molecule has 462 valence electrons. The van der Waals surface area contributed by atoms with Crippen LogP contribution in [-0.4, -0.2) is 37.2 Å². The molecule has 6 nitrogen and oxygen atoms in total. The van der Waals surface area contributed by atoms with E-state index in [0.717, 1.165) is 128 Å². The predicted molar refractivity (Wildman–Crippen MR) is 353 cm³/mol. The van der Waals surface area contributed by atoms with E-state index in [2.05, 4.69) is 142 Å². The Balaban J connectivity index is 4.06. The van der Waals surface area contributed by atoms with Crippen molar-refractivity contribution in [2.24, 2.45) is 0 Å². The van der Waals surface area contributed by atoms with Crippen LogP contribution in [0, 0.1) is 0 Å². The lowest BCUT2D eigenvalue weighted by atomic mass is 10.0. The molecule has 0 N–H and O–H groups in total. The fourth-order valence-electron chi connectivity index (χ4n) is 9.37. The molecule has 0 aromatic carbocycles. The van der Waals surface area contributed by atoms with Gasteiger partial charge in [0.2, 0.25) is 0 Å². The highest BCUT2D eigenvalue weighted by molar-refractivity contribution is 5.71. The maximum Gasteiger partial charge on any atom is 0.306 e. The number of hydrogen-bond acceptors (Lipinski definition) is 6. The van der Waals surface area contributed by atoms with Crippen LogP contribution in [0.5, 0.6) is 0 Å². The smallest absolute Gasteiger partial charge is 0.306 e. The molecule has 0 aliphatic rings. The zero-order chi connectivity index (χ0) is 58.5. The van der Waals surface area contributed by atoms with Gasteiger partial charge in [0.15, 0.2) is 6.10 Å². The summed E-state index contributed by atoms with van der Waals surface area (Å²) >= 11 is 0. The third-order valence-corrected chi connectivity index (χ3v) is 14.5. The van der Waals surface area contributed by atoms with Gasteiger partial charge < -0.3 is 14.2 Å². The first kappa shape index (κ1) is 76.8. The Morgan fingerprint density at radius 2 is 0.481 bits per heavy atom. The van der Waals surface area contributed by atoms with Crippen LogP contribution in [0.3, 0.4) is 0 Å². The average Bonchev–Trinajstić information content (AvgIpc) is 3.47. The van der Waals surface area contributed by atoms with Crippen LogP contribution >= 0.6 is 0 Å². The Morgan fingerprint density at radius 1 is 0.259 bits per heavy atom. The summed E-state index contributed by atoms with van der Waals surface area (Å²) in [5.41, 5.74) is 0. The van der Waals surface area contributed by atoms with Crippen LogP contribution in [0.1, 0.15) is 316 Å². The van der Waals surface area contributed by atoms with Gasteiger partial charge in [-0.25, -0.2) is 0 Å². The maximum absolute atomic E-state index is 12.8. The van der Waals surface area contributed by atoms with Crippen LogP contribution in [0.4, 0.5) is 0 Å². The minimum Gasteiger partial charge on any atom is -0.462 e. The van der Waals surface area contributed by atoms with E-state index in [1.54, 1.807) is 0 Å². The number of carbonyl (C=O) groups is 3. The van der Waals surface area contributed by atoms with E-state index in [4.69, 9.17) is 14.2 Å². The lowest BCUT2D eigenvalue weighted by molar-refractivity contribution is -0.167. The molecule has 0 saturated heterocycles. The molecule has 0 aliphatic heterocycles. The first-order valence-electron chi connectivity index (χ1n) is 34.0. The van der Waals surface area contributed by atoms with Gasteiger partial charge in [0, 0.05) is 19.3 Å². The molecule has 0 bridgehead atoms. The van der Waals surface area contributed by atoms with E-state index < -0.39 is 6.10 Å². The van der Waals surface area contributed by atoms with Gasteiger partial charge in [-0.3, -0.25) is 14.4 Å². The van der Waals surface area contributed by atoms with Gasteiger partial charge in [-0.05, 0) is 116 Å². The Kier molecular flexibility index (Phi) is 64.8. The molecule has 0 aromatic heterocycles. The van der Waals surface area contributed by atoms with E-state index in [-0.39, 0.29) is 31.1 Å². The van der Waals surface area contributed by atoms with E-state index in [9.17, 15) is 14.4 Å². The zero-order valence-electron chi connectivity index (χ0n) is 53.0. The van der Waals surface area contributed by atoms with Gasteiger partial charge in [-0.15, -0.1) is 0 Å². The van der Waals surface area contributed by atoms with Crippen LogP contribution in [0.25, 0.3) is 0 Å². The summed E-state index contributed by atoms with van der Waals surface area (Å²) < 4.78 is 16.8. The van der Waals surface area contributed by atoms with Crippen molar-refractivity contribution in [1.29, 1.82) is 0 Å². The molecule has 0 aromatic rings. The third kappa shape index (κ3) is 66.5. The van der Waals surface area contributed by atoms with Crippen molar-refractivity contribution >= 4 is 17.9 Å². The lowest BCUT2D eigenvalue weighted by Gasteiger charge is -2.18. The second-order valence-electron chi connectivity index (χ2n) is 22.4. The van der Waals surface area contributed by atoms with Gasteiger partial charge in [0.05, 0.1) is 0 Å². The van der Waals surface area contributed by atoms with E-state index in [0.29, 0.717) is 19.3 Å². The second-order valence-corrected chi connectivity index (χ2v) is 22.4. The summed E-state index contributed by atoms with van der Waals surface area (Å²) in [4.78, 5) is 38.0. The highest BCUT2D eigenvalue weighted by Crippen LogP contribution is 2.16. The number of rotatable bonds is 61. The Bertz CT molecular complexity index is 1670. The molecular formula is C75H126O6. The van der Waals surface area contributed by atoms with Gasteiger partial charge in [-0.1, -0.05) is 303 Å². The Hall–Kier alpha value is -4.19. The highest BCUT2D eigenvalue weighted by Gasteiger charge is 2.19. The third-order valence-electron chi connectivity index (χ3n) is 14.5. The molecule has 81 heavy (non-hydrogen) atoms. The molecule has 1 atom stereocenters. The quantitative estimate of drug-likeness (QED) is 0.0261. The van der Waals surface area contributed by atoms with E-state index in [1.807, 2.05) is 0 Å². The van der Waals surface area contributed by atoms with Crippen LogP contribution in [0.15, 0.2) is 122 Å². The summed E-state index contributed by atoms with van der Waals surface area (Å²) in [5.74, 6) is -0.902. The van der Waals surface area contributed by atoms with Crippen molar-refractivity contribution in [2.75, 3.05) is 13.2 Å². The summed E-state index contributed by atoms with van der Waals surface area (Å²) in [6.07, 6.45) is 95.5. The van der Waals surface area contributed by atoms with Crippen molar-refractivity contribution in [3.05, 3.63) is 122 Å². The first-order valence-corrected chi connectivity index (χ1v) is 34.0. The minimum absolute atomic E-state index is 0.0821. The molecule has 0 amide bonds. The van der Waals surface area contributed by atoms with Crippen LogP contribution in [-0.2, 0) is 28.6 Å². The molecule has 6 heteroatoms. The minimum atomic E-state index is -0.782. The molecule has 0 heterocycles. The summed E-state index contributed by atoms with van der Waals surface area (Å²) in [6.45, 7) is 6.45. The number of hydrogen-bond donors (Lipinski definition) is 0. The van der Waals surface area contributed by atoms with E-state index in [1.165, 1.54) is 148 Å². The molecular weight excluding hydrogens is 997 g/mol. The molecule has 0 rings (SSSR count). The van der Waals surface area contributed by atoms with Crippen molar-refractivity contribution < 1.29 is 28.6 Å². The van der Waals surface area contributed by atoms with Gasteiger partial charge in [-0.2, -0.15) is 0 Å². The molecule has 0 saturated carbocycles. The van der Waals surface area contributed by atoms with Crippen molar-refractivity contribution in [2.45, 2.75) is 322 Å². The van der Waals surface area contributed by atoms with Crippen molar-refractivity contribution in [1.82, 2.24) is 0 Å². The SMILES string of the molecule is CC/C=C\C/C=C\C/C=C\C/C=C\C/C=C\C/C=C\C/C=C\C/C=C\C/C=C\CCCCCCCCCC(=O)OCC(COC(=O)CCCCCCC)OC(=O)CCCCCCCCCCCCC/C=C\CCCCCCCCCC. The maximum atomic E-state index is 12.8. The fourth-order valence-corrected chi connectivity index (χ4v) is 9.37. The number of carbonyl (C=O) groups excluding carboxylic acids is 3. The average molecular weight is 1120 g/mol. The van der Waals surface area contributed by atoms with Gasteiger partial charge >= 0.3 is 17.9 Å². The Labute approximate surface area is 501 Å². The fraction of sp³-hybridized carbons (Fsp3) is 0.693. The van der Waals surface area contributed by atoms with Crippen molar-refractivity contribution in [3.8, 4) is 0 Å². The molecule has 0 fully saturated rings. The molecule has 0 spiro atoms. The molecule has 0 radical (unpaired) electrons. The molecule has 1 unspecified atom stereocenters. The van der Waals surface area contributed by atoms with Crippen molar-refractivity contribution in [3.63, 3.8) is 0 Å². The number of unbranched alkanes of at least 4 members (excludes halogenated alkanes) is 30. The van der Waals surface area contributed by atoms with E-state index >= 15 is 0 Å². The first-order chi connectivity index (χ1) is 40.0.